The minimum Gasteiger partial charge on any atom is -0.377 e. The van der Waals surface area contributed by atoms with E-state index in [1.807, 2.05) is 0 Å². The van der Waals surface area contributed by atoms with Crippen molar-refractivity contribution >= 4 is 24.4 Å². The third kappa shape index (κ3) is 4.45. The van der Waals surface area contributed by atoms with E-state index < -0.39 is 0 Å². The molecule has 14 heavy (non-hydrogen) atoms. The van der Waals surface area contributed by atoms with Crippen LogP contribution in [0.25, 0.3) is 0 Å². The highest BCUT2D eigenvalue weighted by atomic mass is 32.2. The Morgan fingerprint density at radius 2 is 2.29 bits per heavy atom. The molecule has 0 radical (unpaired) electrons. The Balaban J connectivity index is 2.03. The van der Waals surface area contributed by atoms with Gasteiger partial charge >= 0.3 is 0 Å². The molecule has 3 atom stereocenters. The summed E-state index contributed by atoms with van der Waals surface area (Å²) in [7, 11) is 0. The Morgan fingerprint density at radius 1 is 1.50 bits per heavy atom. The van der Waals surface area contributed by atoms with Crippen molar-refractivity contribution in [2.75, 3.05) is 18.1 Å². The summed E-state index contributed by atoms with van der Waals surface area (Å²) in [6.45, 7) is 5.48. The van der Waals surface area contributed by atoms with Gasteiger partial charge in [-0.05, 0) is 43.6 Å². The van der Waals surface area contributed by atoms with Gasteiger partial charge in [-0.15, -0.1) is 0 Å². The van der Waals surface area contributed by atoms with Gasteiger partial charge in [0.25, 0.3) is 0 Å². The largest absolute Gasteiger partial charge is 0.377 e. The highest BCUT2D eigenvalue weighted by molar-refractivity contribution is 7.99. The number of hydrogen-bond acceptors (Lipinski definition) is 3. The van der Waals surface area contributed by atoms with Gasteiger partial charge in [-0.25, -0.2) is 0 Å². The topological polar surface area (TPSA) is 9.23 Å². The SMILES string of the molecule is CC(CCS)CCSC1CCOC1C. The highest BCUT2D eigenvalue weighted by Gasteiger charge is 2.24. The van der Waals surface area contributed by atoms with Crippen molar-refractivity contribution in [2.45, 2.75) is 44.5 Å². The fourth-order valence-corrected chi connectivity index (χ4v) is 3.61. The van der Waals surface area contributed by atoms with E-state index in [1.54, 1.807) is 0 Å². The molecule has 0 spiro atoms. The summed E-state index contributed by atoms with van der Waals surface area (Å²) in [4.78, 5) is 0. The van der Waals surface area contributed by atoms with E-state index in [0.29, 0.717) is 6.10 Å². The first kappa shape index (κ1) is 12.7. The number of thioether (sulfide) groups is 1. The molecule has 0 aromatic rings. The lowest BCUT2D eigenvalue weighted by Gasteiger charge is -2.15. The van der Waals surface area contributed by atoms with E-state index >= 15 is 0 Å². The molecule has 1 heterocycles. The molecule has 3 unspecified atom stereocenters. The summed E-state index contributed by atoms with van der Waals surface area (Å²) < 4.78 is 5.54. The molecule has 0 aromatic heterocycles. The molecule has 1 aliphatic heterocycles. The summed E-state index contributed by atoms with van der Waals surface area (Å²) >= 11 is 6.35. The maximum Gasteiger partial charge on any atom is 0.0666 e. The predicted molar refractivity (Wildman–Crippen MR) is 68.5 cm³/mol. The zero-order chi connectivity index (χ0) is 10.4. The molecular formula is C11H22OS2. The van der Waals surface area contributed by atoms with Crippen molar-refractivity contribution in [3.05, 3.63) is 0 Å². The van der Waals surface area contributed by atoms with Gasteiger partial charge in [0.05, 0.1) is 6.10 Å². The lowest BCUT2D eigenvalue weighted by Crippen LogP contribution is -2.14. The van der Waals surface area contributed by atoms with E-state index in [4.69, 9.17) is 4.74 Å². The van der Waals surface area contributed by atoms with Crippen LogP contribution in [0.3, 0.4) is 0 Å². The van der Waals surface area contributed by atoms with E-state index in [0.717, 1.165) is 23.5 Å². The van der Waals surface area contributed by atoms with Crippen LogP contribution in [0.4, 0.5) is 0 Å². The van der Waals surface area contributed by atoms with Crippen molar-refractivity contribution in [3.8, 4) is 0 Å². The summed E-state index contributed by atoms with van der Waals surface area (Å²) in [6.07, 6.45) is 4.29. The van der Waals surface area contributed by atoms with Crippen LogP contribution in [0.5, 0.6) is 0 Å². The molecule has 0 aliphatic carbocycles. The zero-order valence-electron chi connectivity index (χ0n) is 9.24. The summed E-state index contributed by atoms with van der Waals surface area (Å²) in [5.74, 6) is 3.14. The van der Waals surface area contributed by atoms with Gasteiger partial charge in [-0.1, -0.05) is 6.92 Å². The maximum absolute atomic E-state index is 5.54. The third-order valence-electron chi connectivity index (χ3n) is 2.87. The van der Waals surface area contributed by atoms with Gasteiger partial charge in [0, 0.05) is 11.9 Å². The molecule has 0 bridgehead atoms. The minimum atomic E-state index is 0.472. The second-order valence-electron chi connectivity index (χ2n) is 4.18. The molecule has 1 saturated heterocycles. The van der Waals surface area contributed by atoms with Crippen LogP contribution in [0, 0.1) is 5.92 Å². The Labute approximate surface area is 97.8 Å². The smallest absolute Gasteiger partial charge is 0.0666 e. The van der Waals surface area contributed by atoms with Crippen LogP contribution in [0.15, 0.2) is 0 Å². The lowest BCUT2D eigenvalue weighted by molar-refractivity contribution is 0.127. The first-order chi connectivity index (χ1) is 6.74. The van der Waals surface area contributed by atoms with E-state index in [9.17, 15) is 0 Å². The van der Waals surface area contributed by atoms with Crippen LogP contribution in [-0.2, 0) is 4.74 Å². The molecule has 1 fully saturated rings. The fraction of sp³-hybridized carbons (Fsp3) is 1.00. The second-order valence-corrected chi connectivity index (χ2v) is 5.97. The predicted octanol–water partition coefficient (Wildman–Crippen LogP) is 3.24. The number of thiol groups is 1. The average molecular weight is 234 g/mol. The fourth-order valence-electron chi connectivity index (χ4n) is 1.72. The monoisotopic (exact) mass is 234 g/mol. The van der Waals surface area contributed by atoms with Crippen molar-refractivity contribution in [3.63, 3.8) is 0 Å². The Hall–Kier alpha value is 0.660. The number of hydrogen-bond donors (Lipinski definition) is 1. The third-order valence-corrected chi connectivity index (χ3v) is 4.65. The van der Waals surface area contributed by atoms with Crippen LogP contribution >= 0.6 is 24.4 Å². The number of ether oxygens (including phenoxy) is 1. The van der Waals surface area contributed by atoms with Gasteiger partial charge < -0.3 is 4.74 Å². The standard InChI is InChI=1S/C11H22OS2/c1-9(4-7-13)5-8-14-11-3-6-12-10(11)2/h9-11,13H,3-8H2,1-2H3. The van der Waals surface area contributed by atoms with Crippen molar-refractivity contribution in [1.82, 2.24) is 0 Å². The lowest BCUT2D eigenvalue weighted by atomic mass is 10.1. The van der Waals surface area contributed by atoms with Crippen LogP contribution in [-0.4, -0.2) is 29.5 Å². The van der Waals surface area contributed by atoms with Crippen molar-refractivity contribution in [1.29, 1.82) is 0 Å². The van der Waals surface area contributed by atoms with Crippen molar-refractivity contribution in [2.24, 2.45) is 5.92 Å². The Kier molecular flexibility index (Phi) is 6.38. The number of rotatable bonds is 6. The van der Waals surface area contributed by atoms with Crippen LogP contribution < -0.4 is 0 Å². The summed E-state index contributed by atoms with van der Waals surface area (Å²) in [5.41, 5.74) is 0. The Morgan fingerprint density at radius 3 is 2.86 bits per heavy atom. The van der Waals surface area contributed by atoms with Gasteiger partial charge in [-0.3, -0.25) is 0 Å². The molecular weight excluding hydrogens is 212 g/mol. The molecule has 0 amide bonds. The molecule has 1 nitrogen and oxygen atoms in total. The molecule has 84 valence electrons. The van der Waals surface area contributed by atoms with E-state index in [-0.39, 0.29) is 0 Å². The molecule has 3 heteroatoms. The van der Waals surface area contributed by atoms with E-state index in [2.05, 4.69) is 38.2 Å². The van der Waals surface area contributed by atoms with E-state index in [1.165, 1.54) is 25.0 Å². The Bertz CT molecular complexity index is 152. The average Bonchev–Trinajstić information content (AvgIpc) is 2.52. The molecule has 0 N–H and O–H groups in total. The second kappa shape index (κ2) is 7.02. The summed E-state index contributed by atoms with van der Waals surface area (Å²) in [5, 5.41) is 0.748. The van der Waals surface area contributed by atoms with Crippen molar-refractivity contribution < 1.29 is 4.74 Å². The molecule has 1 rings (SSSR count). The van der Waals surface area contributed by atoms with Gasteiger partial charge in [0.1, 0.15) is 0 Å². The molecule has 1 aliphatic rings. The van der Waals surface area contributed by atoms with Crippen LogP contribution in [0.1, 0.15) is 33.1 Å². The first-order valence-electron chi connectivity index (χ1n) is 5.58. The molecule has 0 aromatic carbocycles. The van der Waals surface area contributed by atoms with Gasteiger partial charge in [0.15, 0.2) is 0 Å². The van der Waals surface area contributed by atoms with Crippen LogP contribution in [0.2, 0.25) is 0 Å². The maximum atomic E-state index is 5.54. The quantitative estimate of drug-likeness (QED) is 0.707. The normalized spacial score (nSPS) is 29.4. The summed E-state index contributed by atoms with van der Waals surface area (Å²) in [6, 6.07) is 0. The highest BCUT2D eigenvalue weighted by Crippen LogP contribution is 2.27. The minimum absolute atomic E-state index is 0.472. The van der Waals surface area contributed by atoms with Gasteiger partial charge in [-0.2, -0.15) is 24.4 Å². The molecule has 0 saturated carbocycles. The van der Waals surface area contributed by atoms with Gasteiger partial charge in [0.2, 0.25) is 0 Å². The zero-order valence-corrected chi connectivity index (χ0v) is 10.9. The first-order valence-corrected chi connectivity index (χ1v) is 7.26.